The summed E-state index contributed by atoms with van der Waals surface area (Å²) in [6.07, 6.45) is 5.23. The van der Waals surface area contributed by atoms with Gasteiger partial charge >= 0.3 is 0 Å². The zero-order chi connectivity index (χ0) is 21.7. The maximum absolute atomic E-state index is 12.2. The van der Waals surface area contributed by atoms with Crippen LogP contribution in [0.2, 0.25) is 0 Å². The van der Waals surface area contributed by atoms with E-state index in [2.05, 4.69) is 23.9 Å². The molecular weight excluding hydrogens is 434 g/mol. The van der Waals surface area contributed by atoms with Crippen LogP contribution in [0.3, 0.4) is 0 Å². The molecule has 5 N–H and O–H groups in total. The molecule has 8 nitrogen and oxygen atoms in total. The number of hydrogen-bond donors (Lipinski definition) is 4. The van der Waals surface area contributed by atoms with Crippen LogP contribution in [-0.2, 0) is 19.9 Å². The molecule has 11 heteroatoms. The number of benzene rings is 1. The highest BCUT2D eigenvalue weighted by molar-refractivity contribution is 8.17. The van der Waals surface area contributed by atoms with Gasteiger partial charge in [-0.05, 0) is 60.7 Å². The van der Waals surface area contributed by atoms with Gasteiger partial charge in [-0.15, -0.1) is 0 Å². The van der Waals surface area contributed by atoms with E-state index in [4.69, 9.17) is 5.14 Å². The Hall–Kier alpha value is -1.53. The van der Waals surface area contributed by atoms with E-state index in [1.165, 1.54) is 6.08 Å². The van der Waals surface area contributed by atoms with Gasteiger partial charge in [0.25, 0.3) is 0 Å². The quantitative estimate of drug-likeness (QED) is 0.487. The van der Waals surface area contributed by atoms with Crippen LogP contribution >= 0.6 is 11.9 Å². The summed E-state index contributed by atoms with van der Waals surface area (Å²) >= 11 is 0.981. The molecule has 2 heterocycles. The van der Waals surface area contributed by atoms with Crippen molar-refractivity contribution in [3.05, 3.63) is 52.4 Å². The average Bonchev–Trinajstić information content (AvgIpc) is 2.95. The van der Waals surface area contributed by atoms with E-state index in [-0.39, 0.29) is 21.8 Å². The first-order valence-electron chi connectivity index (χ1n) is 9.05. The van der Waals surface area contributed by atoms with Crippen molar-refractivity contribution in [1.29, 1.82) is 0 Å². The minimum atomic E-state index is -3.52. The van der Waals surface area contributed by atoms with Crippen molar-refractivity contribution >= 4 is 31.8 Å². The first-order valence-corrected chi connectivity index (χ1v) is 13.1. The molecule has 2 aliphatic heterocycles. The molecule has 29 heavy (non-hydrogen) atoms. The number of sulfone groups is 1. The van der Waals surface area contributed by atoms with Gasteiger partial charge in [0.15, 0.2) is 9.84 Å². The van der Waals surface area contributed by atoms with E-state index in [0.717, 1.165) is 18.5 Å². The van der Waals surface area contributed by atoms with Crippen molar-refractivity contribution < 1.29 is 21.9 Å². The van der Waals surface area contributed by atoms with E-state index < -0.39 is 25.1 Å². The third-order valence-electron chi connectivity index (χ3n) is 4.26. The fourth-order valence-electron chi connectivity index (χ4n) is 2.93. The highest BCUT2D eigenvalue weighted by atomic mass is 32.3. The molecule has 0 amide bonds. The van der Waals surface area contributed by atoms with Crippen LogP contribution in [-0.4, -0.2) is 40.3 Å². The number of allylic oxidation sites excluding steroid dienone is 2. The summed E-state index contributed by atoms with van der Waals surface area (Å²) in [5.41, 5.74) is 0.689. The number of aromatic hydroxyl groups is 1. The Labute approximate surface area is 176 Å². The van der Waals surface area contributed by atoms with Gasteiger partial charge in [-0.3, -0.25) is 0 Å². The summed E-state index contributed by atoms with van der Waals surface area (Å²) in [5.74, 6) is 0.800. The zero-order valence-electron chi connectivity index (χ0n) is 16.3. The third-order valence-corrected chi connectivity index (χ3v) is 8.69. The van der Waals surface area contributed by atoms with Gasteiger partial charge in [0.05, 0.1) is 11.0 Å². The second kappa shape index (κ2) is 9.98. The molecule has 0 radical (unpaired) electrons. The van der Waals surface area contributed by atoms with Gasteiger partial charge in [0, 0.05) is 12.2 Å². The van der Waals surface area contributed by atoms with Crippen molar-refractivity contribution in [3.63, 3.8) is 0 Å². The fourth-order valence-corrected chi connectivity index (χ4v) is 6.35. The van der Waals surface area contributed by atoms with Crippen molar-refractivity contribution in [1.82, 2.24) is 10.0 Å². The number of primary sulfonamides is 1. The van der Waals surface area contributed by atoms with Crippen LogP contribution < -0.4 is 15.2 Å². The van der Waals surface area contributed by atoms with Crippen molar-refractivity contribution in [2.75, 3.05) is 12.3 Å². The van der Waals surface area contributed by atoms with Gasteiger partial charge in [-0.2, -0.15) is 0 Å². The minimum absolute atomic E-state index is 0.0137. The summed E-state index contributed by atoms with van der Waals surface area (Å²) < 4.78 is 48.4. The average molecular weight is 462 g/mol. The fraction of sp³-hybridized carbons (Fsp3) is 0.444. The number of phenolic OH excluding ortho intramolecular Hbond substituents is 1. The first-order chi connectivity index (χ1) is 13.5. The third kappa shape index (κ3) is 7.34. The number of hydrogen-bond acceptors (Lipinski definition) is 8. The van der Waals surface area contributed by atoms with E-state index in [1.54, 1.807) is 36.5 Å². The SMILES string of the molecule is CC(C)CNC1C[C@H](c2cccc(O)c2)S(=O)(=O)C1.NS(=O)(=O)C1=CC=CNS1. The van der Waals surface area contributed by atoms with E-state index >= 15 is 0 Å². The number of rotatable bonds is 5. The molecule has 0 bridgehead atoms. The molecule has 3 rings (SSSR count). The van der Waals surface area contributed by atoms with Gasteiger partial charge in [0.1, 0.15) is 9.99 Å². The molecule has 1 fully saturated rings. The Morgan fingerprint density at radius 3 is 2.62 bits per heavy atom. The number of nitrogens with two attached hydrogens (primary N) is 1. The molecular formula is C18H27N3O5S3. The second-order valence-corrected chi connectivity index (χ2v) is 12.2. The Bertz CT molecular complexity index is 972. The maximum Gasteiger partial charge on any atom is 0.245 e. The Morgan fingerprint density at radius 2 is 2.10 bits per heavy atom. The van der Waals surface area contributed by atoms with E-state index in [1.807, 2.05) is 0 Å². The van der Waals surface area contributed by atoms with Crippen LogP contribution in [0, 0.1) is 5.92 Å². The van der Waals surface area contributed by atoms with Gasteiger partial charge in [-0.1, -0.05) is 26.0 Å². The van der Waals surface area contributed by atoms with Crippen LogP contribution in [0.4, 0.5) is 0 Å². The second-order valence-electron chi connectivity index (χ2n) is 7.26. The van der Waals surface area contributed by atoms with Gasteiger partial charge in [-0.25, -0.2) is 22.0 Å². The zero-order valence-corrected chi connectivity index (χ0v) is 18.7. The lowest BCUT2D eigenvalue weighted by Gasteiger charge is -2.13. The van der Waals surface area contributed by atoms with E-state index in [9.17, 15) is 21.9 Å². The monoisotopic (exact) mass is 461 g/mol. The Kier molecular flexibility index (Phi) is 8.18. The smallest absolute Gasteiger partial charge is 0.245 e. The first kappa shape index (κ1) is 23.7. The van der Waals surface area contributed by atoms with Gasteiger partial charge in [0.2, 0.25) is 10.0 Å². The molecule has 0 aliphatic carbocycles. The number of nitrogens with one attached hydrogen (secondary N) is 2. The topological polar surface area (TPSA) is 139 Å². The van der Waals surface area contributed by atoms with Crippen LogP contribution in [0.1, 0.15) is 31.1 Å². The van der Waals surface area contributed by atoms with E-state index in [0.29, 0.717) is 17.9 Å². The molecule has 2 aliphatic rings. The molecule has 0 saturated carbocycles. The largest absolute Gasteiger partial charge is 0.508 e. The molecule has 1 aromatic rings. The predicted molar refractivity (Wildman–Crippen MR) is 117 cm³/mol. The number of phenols is 1. The summed E-state index contributed by atoms with van der Waals surface area (Å²) in [6, 6.07) is 6.58. The lowest BCUT2D eigenvalue weighted by molar-refractivity contribution is 0.470. The Balaban J connectivity index is 0.000000253. The Morgan fingerprint density at radius 1 is 1.38 bits per heavy atom. The van der Waals surface area contributed by atoms with Crippen LogP contribution in [0.25, 0.3) is 0 Å². The summed E-state index contributed by atoms with van der Waals surface area (Å²) in [5, 5.41) is 17.1. The molecule has 1 aromatic carbocycles. The van der Waals surface area contributed by atoms with Gasteiger partial charge < -0.3 is 15.1 Å². The molecule has 162 valence electrons. The molecule has 2 atom stereocenters. The molecule has 1 saturated heterocycles. The molecule has 0 spiro atoms. The summed E-state index contributed by atoms with van der Waals surface area (Å²) in [4.78, 5) is 0. The number of sulfonamides is 1. The minimum Gasteiger partial charge on any atom is -0.508 e. The van der Waals surface area contributed by atoms with Crippen molar-refractivity contribution in [2.45, 2.75) is 31.6 Å². The molecule has 1 unspecified atom stereocenters. The van der Waals surface area contributed by atoms with Crippen molar-refractivity contribution in [2.24, 2.45) is 11.1 Å². The van der Waals surface area contributed by atoms with Crippen LogP contribution in [0.15, 0.2) is 46.9 Å². The molecule has 0 aromatic heterocycles. The van der Waals surface area contributed by atoms with Crippen molar-refractivity contribution in [3.8, 4) is 5.75 Å². The predicted octanol–water partition coefficient (Wildman–Crippen LogP) is 1.75. The summed E-state index contributed by atoms with van der Waals surface area (Å²) in [6.45, 7) is 5.03. The standard InChI is InChI=1S/C14H21NO3S.C4H6N2O2S2/c1-10(2)8-15-12-7-14(19(17,18)9-12)11-4-3-5-13(16)6-11;5-10(7,8)4-2-1-3-6-9-4/h3-6,10,12,14-16H,7-9H2,1-2H3;1-3,6H,(H2,5,7,8)/t12?,14-;/m1./s1. The summed E-state index contributed by atoms with van der Waals surface area (Å²) in [7, 11) is -6.64. The van der Waals surface area contributed by atoms with Crippen LogP contribution in [0.5, 0.6) is 5.75 Å². The normalized spacial score (nSPS) is 23.1. The highest BCUT2D eigenvalue weighted by Crippen LogP contribution is 2.35. The lowest BCUT2D eigenvalue weighted by Crippen LogP contribution is -2.32. The maximum atomic E-state index is 12.2. The highest BCUT2D eigenvalue weighted by Gasteiger charge is 2.39. The lowest BCUT2D eigenvalue weighted by atomic mass is 10.1.